The molecule has 0 spiro atoms. The number of nitrogens with two attached hydrogens (primary N) is 1. The molecule has 2 N–H and O–H groups in total. The Hall–Kier alpha value is -1.33. The molecule has 1 aromatic heterocycles. The number of aromatic nitrogens is 3. The molecule has 2 rings (SSSR count). The lowest BCUT2D eigenvalue weighted by Gasteiger charge is -2.07. The van der Waals surface area contributed by atoms with Crippen LogP contribution in [0.15, 0.2) is 34.6 Å². The fraction of sp³-hybridized carbons (Fsp3) is 0.273. The van der Waals surface area contributed by atoms with Gasteiger partial charge >= 0.3 is 0 Å². The van der Waals surface area contributed by atoms with Gasteiger partial charge in [-0.25, -0.2) is 0 Å². The maximum absolute atomic E-state index is 5.71. The number of nitrogens with zero attached hydrogens (tertiary/aromatic N) is 3. The SMILES string of the molecule is Cc1ccc(CN)c(Sc2nncn2C)c1. The summed E-state index contributed by atoms with van der Waals surface area (Å²) in [5.41, 5.74) is 8.07. The third kappa shape index (κ3) is 2.25. The average Bonchev–Trinajstić information content (AvgIpc) is 2.65. The third-order valence-electron chi connectivity index (χ3n) is 2.31. The molecule has 0 fully saturated rings. The van der Waals surface area contributed by atoms with Crippen LogP contribution in [0.5, 0.6) is 0 Å². The van der Waals surface area contributed by atoms with Crippen LogP contribution in [0.1, 0.15) is 11.1 Å². The van der Waals surface area contributed by atoms with E-state index in [0.717, 1.165) is 15.6 Å². The van der Waals surface area contributed by atoms with E-state index in [4.69, 9.17) is 5.73 Å². The van der Waals surface area contributed by atoms with Crippen molar-refractivity contribution in [3.63, 3.8) is 0 Å². The second-order valence-corrected chi connectivity index (χ2v) is 4.65. The third-order valence-corrected chi connectivity index (χ3v) is 3.47. The zero-order valence-corrected chi connectivity index (χ0v) is 10.2. The van der Waals surface area contributed by atoms with E-state index in [1.54, 1.807) is 18.1 Å². The van der Waals surface area contributed by atoms with Gasteiger partial charge in [0.05, 0.1) is 0 Å². The molecule has 5 heteroatoms. The lowest BCUT2D eigenvalue weighted by molar-refractivity contribution is 0.788. The summed E-state index contributed by atoms with van der Waals surface area (Å²) in [5.74, 6) is 0. The average molecular weight is 234 g/mol. The highest BCUT2D eigenvalue weighted by Crippen LogP contribution is 2.29. The highest BCUT2D eigenvalue weighted by atomic mass is 32.2. The standard InChI is InChI=1S/C11H14N4S/c1-8-3-4-9(6-12)10(5-8)16-11-14-13-7-15(11)2/h3-5,7H,6,12H2,1-2H3. The summed E-state index contributed by atoms with van der Waals surface area (Å²) < 4.78 is 1.90. The molecule has 0 amide bonds. The molecule has 0 unspecified atom stereocenters. The van der Waals surface area contributed by atoms with E-state index < -0.39 is 0 Å². The molecule has 0 bridgehead atoms. The smallest absolute Gasteiger partial charge is 0.195 e. The van der Waals surface area contributed by atoms with Crippen molar-refractivity contribution in [2.24, 2.45) is 12.8 Å². The molecule has 16 heavy (non-hydrogen) atoms. The predicted molar refractivity (Wildman–Crippen MR) is 64.2 cm³/mol. The largest absolute Gasteiger partial charge is 0.326 e. The number of benzene rings is 1. The highest BCUT2D eigenvalue weighted by Gasteiger charge is 2.07. The van der Waals surface area contributed by atoms with Crippen molar-refractivity contribution in [1.29, 1.82) is 0 Å². The lowest BCUT2D eigenvalue weighted by Crippen LogP contribution is -1.99. The van der Waals surface area contributed by atoms with Crippen LogP contribution >= 0.6 is 11.8 Å². The van der Waals surface area contributed by atoms with E-state index in [9.17, 15) is 0 Å². The number of aryl methyl sites for hydroxylation is 2. The molecule has 1 aromatic carbocycles. The second-order valence-electron chi connectivity index (χ2n) is 3.64. The summed E-state index contributed by atoms with van der Waals surface area (Å²) in [5, 5.41) is 8.78. The van der Waals surface area contributed by atoms with E-state index in [1.807, 2.05) is 11.6 Å². The van der Waals surface area contributed by atoms with E-state index in [1.165, 1.54) is 5.56 Å². The summed E-state index contributed by atoms with van der Waals surface area (Å²) >= 11 is 1.60. The molecular formula is C11H14N4S. The Morgan fingerprint density at radius 3 is 2.88 bits per heavy atom. The first-order valence-electron chi connectivity index (χ1n) is 5.02. The summed E-state index contributed by atoms with van der Waals surface area (Å²) in [4.78, 5) is 1.15. The molecule has 0 saturated heterocycles. The predicted octanol–water partition coefficient (Wildman–Crippen LogP) is 1.73. The van der Waals surface area contributed by atoms with Crippen LogP contribution in [0.2, 0.25) is 0 Å². The molecule has 0 aliphatic rings. The van der Waals surface area contributed by atoms with Crippen molar-refractivity contribution in [3.8, 4) is 0 Å². The van der Waals surface area contributed by atoms with E-state index in [0.29, 0.717) is 6.54 Å². The summed E-state index contributed by atoms with van der Waals surface area (Å²) in [6, 6.07) is 6.26. The molecule has 0 saturated carbocycles. The first-order valence-corrected chi connectivity index (χ1v) is 5.84. The minimum absolute atomic E-state index is 0.542. The first-order chi connectivity index (χ1) is 7.70. The van der Waals surface area contributed by atoms with Crippen molar-refractivity contribution < 1.29 is 0 Å². The number of rotatable bonds is 3. The van der Waals surface area contributed by atoms with Crippen LogP contribution in [0, 0.1) is 6.92 Å². The zero-order chi connectivity index (χ0) is 11.5. The van der Waals surface area contributed by atoms with Crippen molar-refractivity contribution in [2.45, 2.75) is 23.5 Å². The van der Waals surface area contributed by atoms with Gasteiger partial charge in [0, 0.05) is 18.5 Å². The zero-order valence-electron chi connectivity index (χ0n) is 9.34. The molecule has 0 aliphatic heterocycles. The molecule has 0 aliphatic carbocycles. The topological polar surface area (TPSA) is 56.7 Å². The maximum Gasteiger partial charge on any atom is 0.195 e. The van der Waals surface area contributed by atoms with E-state index >= 15 is 0 Å². The van der Waals surface area contributed by atoms with Gasteiger partial charge in [-0.3, -0.25) is 0 Å². The van der Waals surface area contributed by atoms with Gasteiger partial charge < -0.3 is 10.3 Å². The van der Waals surface area contributed by atoms with Crippen molar-refractivity contribution in [1.82, 2.24) is 14.8 Å². The Morgan fingerprint density at radius 2 is 2.25 bits per heavy atom. The van der Waals surface area contributed by atoms with Crippen molar-refractivity contribution in [3.05, 3.63) is 35.7 Å². The Kier molecular flexibility index (Phi) is 3.26. The fourth-order valence-corrected chi connectivity index (χ4v) is 2.39. The van der Waals surface area contributed by atoms with Crippen LogP contribution < -0.4 is 5.73 Å². The van der Waals surface area contributed by atoms with Gasteiger partial charge in [0.1, 0.15) is 6.33 Å². The molecular weight excluding hydrogens is 220 g/mol. The first kappa shape index (κ1) is 11.2. The van der Waals surface area contributed by atoms with Gasteiger partial charge in [0.15, 0.2) is 5.16 Å². The van der Waals surface area contributed by atoms with Crippen LogP contribution in [0.4, 0.5) is 0 Å². The van der Waals surface area contributed by atoms with Gasteiger partial charge in [0.25, 0.3) is 0 Å². The molecule has 1 heterocycles. The Bertz CT molecular complexity index is 492. The molecule has 2 aromatic rings. The van der Waals surface area contributed by atoms with Gasteiger partial charge in [-0.2, -0.15) is 0 Å². The fourth-order valence-electron chi connectivity index (χ4n) is 1.39. The van der Waals surface area contributed by atoms with Crippen LogP contribution in [-0.2, 0) is 13.6 Å². The van der Waals surface area contributed by atoms with Gasteiger partial charge in [0.2, 0.25) is 0 Å². The van der Waals surface area contributed by atoms with Crippen LogP contribution in [0.25, 0.3) is 0 Å². The quantitative estimate of drug-likeness (QED) is 0.878. The van der Waals surface area contributed by atoms with Gasteiger partial charge in [-0.05, 0) is 35.9 Å². The normalized spacial score (nSPS) is 10.7. The van der Waals surface area contributed by atoms with E-state index in [-0.39, 0.29) is 0 Å². The van der Waals surface area contributed by atoms with Crippen molar-refractivity contribution in [2.75, 3.05) is 0 Å². The van der Waals surface area contributed by atoms with Crippen LogP contribution in [0.3, 0.4) is 0 Å². The molecule has 0 radical (unpaired) electrons. The number of hydrogen-bond acceptors (Lipinski definition) is 4. The van der Waals surface area contributed by atoms with Crippen LogP contribution in [-0.4, -0.2) is 14.8 Å². The Labute approximate surface area is 98.9 Å². The highest BCUT2D eigenvalue weighted by molar-refractivity contribution is 7.99. The monoisotopic (exact) mass is 234 g/mol. The van der Waals surface area contributed by atoms with E-state index in [2.05, 4.69) is 35.3 Å². The van der Waals surface area contributed by atoms with Gasteiger partial charge in [-0.15, -0.1) is 10.2 Å². The van der Waals surface area contributed by atoms with Gasteiger partial charge in [-0.1, -0.05) is 12.1 Å². The summed E-state index contributed by atoms with van der Waals surface area (Å²) in [6.45, 7) is 2.61. The second kappa shape index (κ2) is 4.67. The van der Waals surface area contributed by atoms with Crippen molar-refractivity contribution >= 4 is 11.8 Å². The minimum Gasteiger partial charge on any atom is -0.326 e. The maximum atomic E-state index is 5.71. The lowest BCUT2D eigenvalue weighted by atomic mass is 10.1. The summed E-state index contributed by atoms with van der Waals surface area (Å²) in [7, 11) is 1.93. The molecule has 0 atom stereocenters. The minimum atomic E-state index is 0.542. The molecule has 4 nitrogen and oxygen atoms in total. The molecule has 84 valence electrons. The Morgan fingerprint density at radius 1 is 1.44 bits per heavy atom. The summed E-state index contributed by atoms with van der Waals surface area (Å²) in [6.07, 6.45) is 1.69. The number of hydrogen-bond donors (Lipinski definition) is 1. The Balaban J connectivity index is 2.33.